The Morgan fingerprint density at radius 2 is 2.27 bits per heavy atom. The van der Waals surface area contributed by atoms with E-state index in [-0.39, 0.29) is 0 Å². The lowest BCUT2D eigenvalue weighted by atomic mass is 10.2. The molecule has 15 heavy (non-hydrogen) atoms. The van der Waals surface area contributed by atoms with Gasteiger partial charge in [0.2, 0.25) is 0 Å². The third-order valence-corrected chi connectivity index (χ3v) is 4.53. The van der Waals surface area contributed by atoms with Gasteiger partial charge in [0.05, 0.1) is 6.10 Å². The number of nitrogen functional groups attached to an aromatic ring is 1. The highest BCUT2D eigenvalue weighted by atomic mass is 32.2. The molecule has 1 aromatic rings. The van der Waals surface area contributed by atoms with Gasteiger partial charge in [0.1, 0.15) is 0 Å². The Labute approximate surface area is 95.2 Å². The summed E-state index contributed by atoms with van der Waals surface area (Å²) < 4.78 is 5.56. The molecular formula is C12H17NOS. The molecule has 1 saturated heterocycles. The number of anilines is 1. The summed E-state index contributed by atoms with van der Waals surface area (Å²) in [5, 5.41) is 0.575. The minimum Gasteiger partial charge on any atom is -0.398 e. The lowest BCUT2D eigenvalue weighted by Crippen LogP contribution is -2.13. The number of hydrogen-bond acceptors (Lipinski definition) is 3. The third-order valence-electron chi connectivity index (χ3n) is 2.91. The fourth-order valence-electron chi connectivity index (χ4n) is 1.79. The molecule has 0 spiro atoms. The number of nitrogens with two attached hydrogens (primary N) is 1. The molecule has 1 aliphatic rings. The molecule has 0 radical (unpaired) electrons. The smallest absolute Gasteiger partial charge is 0.0669 e. The third kappa shape index (κ3) is 2.29. The van der Waals surface area contributed by atoms with Crippen LogP contribution in [-0.4, -0.2) is 18.0 Å². The van der Waals surface area contributed by atoms with Crippen molar-refractivity contribution in [1.82, 2.24) is 0 Å². The van der Waals surface area contributed by atoms with Crippen LogP contribution in [0.15, 0.2) is 23.1 Å². The van der Waals surface area contributed by atoms with Crippen molar-refractivity contribution in [1.29, 1.82) is 0 Å². The average molecular weight is 223 g/mol. The zero-order chi connectivity index (χ0) is 10.8. The van der Waals surface area contributed by atoms with Gasteiger partial charge >= 0.3 is 0 Å². The molecule has 2 nitrogen and oxygen atoms in total. The van der Waals surface area contributed by atoms with Crippen LogP contribution in [0.5, 0.6) is 0 Å². The molecule has 1 aliphatic heterocycles. The summed E-state index contributed by atoms with van der Waals surface area (Å²) in [4.78, 5) is 1.29. The first-order valence-electron chi connectivity index (χ1n) is 5.32. The van der Waals surface area contributed by atoms with Crippen LogP contribution in [0.3, 0.4) is 0 Å². The molecule has 2 unspecified atom stereocenters. The zero-order valence-corrected chi connectivity index (χ0v) is 10.0. The summed E-state index contributed by atoms with van der Waals surface area (Å²) in [7, 11) is 0. The molecule has 0 amide bonds. The van der Waals surface area contributed by atoms with Gasteiger partial charge in [0, 0.05) is 22.4 Å². The lowest BCUT2D eigenvalue weighted by Gasteiger charge is -2.15. The zero-order valence-electron chi connectivity index (χ0n) is 9.19. The van der Waals surface area contributed by atoms with Gasteiger partial charge in [-0.25, -0.2) is 0 Å². The van der Waals surface area contributed by atoms with Crippen molar-refractivity contribution in [2.45, 2.75) is 36.5 Å². The van der Waals surface area contributed by atoms with Crippen molar-refractivity contribution >= 4 is 17.4 Å². The minimum absolute atomic E-state index is 0.357. The van der Waals surface area contributed by atoms with Crippen molar-refractivity contribution < 1.29 is 4.74 Å². The average Bonchev–Trinajstić information content (AvgIpc) is 2.60. The van der Waals surface area contributed by atoms with E-state index in [1.807, 2.05) is 23.9 Å². The monoisotopic (exact) mass is 223 g/mol. The number of thioether (sulfide) groups is 1. The van der Waals surface area contributed by atoms with Crippen LogP contribution in [0.2, 0.25) is 0 Å². The summed E-state index contributed by atoms with van der Waals surface area (Å²) in [5.74, 6) is 0. The second-order valence-corrected chi connectivity index (χ2v) is 5.27. The normalized spacial score (nSPS) is 25.7. The van der Waals surface area contributed by atoms with Gasteiger partial charge in [-0.1, -0.05) is 6.07 Å². The fourth-order valence-corrected chi connectivity index (χ4v) is 3.05. The number of hydrogen-bond donors (Lipinski definition) is 1. The SMILES string of the molecule is Cc1c(N)cccc1SC1CCOC1C. The standard InChI is InChI=1S/C12H17NOS/c1-8-10(13)4-3-5-11(8)15-12-6-7-14-9(12)2/h3-5,9,12H,6-7,13H2,1-2H3. The molecule has 2 N–H and O–H groups in total. The van der Waals surface area contributed by atoms with Gasteiger partial charge in [-0.3, -0.25) is 0 Å². The van der Waals surface area contributed by atoms with Gasteiger partial charge in [-0.05, 0) is 38.0 Å². The molecule has 1 heterocycles. The largest absolute Gasteiger partial charge is 0.398 e. The van der Waals surface area contributed by atoms with Crippen LogP contribution in [0, 0.1) is 6.92 Å². The van der Waals surface area contributed by atoms with Crippen molar-refractivity contribution in [2.24, 2.45) is 0 Å². The molecule has 1 aromatic carbocycles. The summed E-state index contributed by atoms with van der Waals surface area (Å²) in [6.07, 6.45) is 1.50. The highest BCUT2D eigenvalue weighted by Gasteiger charge is 2.25. The summed E-state index contributed by atoms with van der Waals surface area (Å²) in [6.45, 7) is 5.12. The van der Waals surface area contributed by atoms with Gasteiger partial charge in [0.25, 0.3) is 0 Å². The topological polar surface area (TPSA) is 35.2 Å². The molecule has 3 heteroatoms. The predicted octanol–water partition coefficient (Wildman–Crippen LogP) is 2.85. The molecule has 82 valence electrons. The van der Waals surface area contributed by atoms with E-state index >= 15 is 0 Å². The van der Waals surface area contributed by atoms with Crippen LogP contribution in [-0.2, 0) is 4.74 Å². The Morgan fingerprint density at radius 3 is 2.93 bits per heavy atom. The molecule has 2 rings (SSSR count). The van der Waals surface area contributed by atoms with E-state index in [1.54, 1.807) is 0 Å². The quantitative estimate of drug-likeness (QED) is 0.783. The Balaban J connectivity index is 2.13. The van der Waals surface area contributed by atoms with Gasteiger partial charge < -0.3 is 10.5 Å². The van der Waals surface area contributed by atoms with Crippen LogP contribution in [0.25, 0.3) is 0 Å². The predicted molar refractivity (Wildman–Crippen MR) is 65.3 cm³/mol. The highest BCUT2D eigenvalue weighted by Crippen LogP contribution is 2.35. The van der Waals surface area contributed by atoms with E-state index in [1.165, 1.54) is 10.5 Å². The Bertz CT molecular complexity index is 353. The number of rotatable bonds is 2. The van der Waals surface area contributed by atoms with E-state index in [2.05, 4.69) is 19.9 Å². The van der Waals surface area contributed by atoms with E-state index in [0.717, 1.165) is 18.7 Å². The van der Waals surface area contributed by atoms with Gasteiger partial charge in [-0.15, -0.1) is 11.8 Å². The first kappa shape index (κ1) is 10.8. The van der Waals surface area contributed by atoms with Crippen LogP contribution in [0.4, 0.5) is 5.69 Å². The molecule has 0 aliphatic carbocycles. The first-order chi connectivity index (χ1) is 7.18. The molecule has 0 saturated carbocycles. The Morgan fingerprint density at radius 1 is 1.47 bits per heavy atom. The lowest BCUT2D eigenvalue weighted by molar-refractivity contribution is 0.127. The van der Waals surface area contributed by atoms with Crippen molar-refractivity contribution in [3.63, 3.8) is 0 Å². The Kier molecular flexibility index (Phi) is 3.22. The Hall–Kier alpha value is -0.670. The maximum Gasteiger partial charge on any atom is 0.0669 e. The first-order valence-corrected chi connectivity index (χ1v) is 6.20. The minimum atomic E-state index is 0.357. The molecule has 1 fully saturated rings. The van der Waals surface area contributed by atoms with Crippen LogP contribution in [0.1, 0.15) is 18.9 Å². The van der Waals surface area contributed by atoms with E-state index in [9.17, 15) is 0 Å². The summed E-state index contributed by atoms with van der Waals surface area (Å²) >= 11 is 1.90. The van der Waals surface area contributed by atoms with E-state index in [0.29, 0.717) is 11.4 Å². The van der Waals surface area contributed by atoms with Crippen molar-refractivity contribution in [3.8, 4) is 0 Å². The molecular weight excluding hydrogens is 206 g/mol. The van der Waals surface area contributed by atoms with Crippen LogP contribution < -0.4 is 5.73 Å². The summed E-state index contributed by atoms with van der Waals surface area (Å²) in [6, 6.07) is 6.11. The second-order valence-electron chi connectivity index (χ2n) is 3.99. The van der Waals surface area contributed by atoms with Gasteiger partial charge in [0.15, 0.2) is 0 Å². The maximum atomic E-state index is 5.88. The fraction of sp³-hybridized carbons (Fsp3) is 0.500. The van der Waals surface area contributed by atoms with Crippen molar-refractivity contribution in [3.05, 3.63) is 23.8 Å². The van der Waals surface area contributed by atoms with Crippen LogP contribution >= 0.6 is 11.8 Å². The molecule has 0 aromatic heterocycles. The van der Waals surface area contributed by atoms with Gasteiger partial charge in [-0.2, -0.15) is 0 Å². The number of benzene rings is 1. The second kappa shape index (κ2) is 4.45. The van der Waals surface area contributed by atoms with Crippen molar-refractivity contribution in [2.75, 3.05) is 12.3 Å². The number of ether oxygens (including phenoxy) is 1. The highest BCUT2D eigenvalue weighted by molar-refractivity contribution is 8.00. The summed E-state index contributed by atoms with van der Waals surface area (Å²) in [5.41, 5.74) is 7.96. The maximum absolute atomic E-state index is 5.88. The molecule has 0 bridgehead atoms. The van der Waals surface area contributed by atoms with E-state index in [4.69, 9.17) is 10.5 Å². The molecule has 2 atom stereocenters. The van der Waals surface area contributed by atoms with E-state index < -0.39 is 0 Å².